The van der Waals surface area contributed by atoms with Crippen LogP contribution in [0.5, 0.6) is 0 Å². The Morgan fingerprint density at radius 1 is 1.06 bits per heavy atom. The minimum atomic E-state index is -0.503. The third kappa shape index (κ3) is 5.71. The van der Waals surface area contributed by atoms with Crippen molar-refractivity contribution in [3.05, 3.63) is 65.0 Å². The number of anilines is 2. The summed E-state index contributed by atoms with van der Waals surface area (Å²) in [5.74, 6) is 1.22. The second-order valence-electron chi connectivity index (χ2n) is 8.48. The van der Waals surface area contributed by atoms with Gasteiger partial charge in [-0.1, -0.05) is 17.7 Å². The van der Waals surface area contributed by atoms with E-state index in [1.165, 1.54) is 11.1 Å². The second-order valence-corrected chi connectivity index (χ2v) is 9.36. The van der Waals surface area contributed by atoms with Crippen LogP contribution in [0, 0.1) is 16.7 Å². The summed E-state index contributed by atoms with van der Waals surface area (Å²) in [6.45, 7) is 0. The Bertz CT molecular complexity index is 1010. The van der Waals surface area contributed by atoms with E-state index in [9.17, 15) is 9.70 Å². The number of allylic oxidation sites excluding steroid dienone is 4. The highest BCUT2D eigenvalue weighted by Crippen LogP contribution is 2.39. The van der Waals surface area contributed by atoms with Gasteiger partial charge in [0, 0.05) is 22.7 Å². The summed E-state index contributed by atoms with van der Waals surface area (Å²) in [4.78, 5) is 31.8. The Morgan fingerprint density at radius 3 is 2.50 bits per heavy atom. The number of nitroso groups, excluding NO2 is 1. The van der Waals surface area contributed by atoms with Crippen LogP contribution in [0.4, 0.5) is 11.5 Å². The number of hydrogen-bond acceptors (Lipinski definition) is 6. The van der Waals surface area contributed by atoms with E-state index in [0.717, 1.165) is 60.6 Å². The topological polar surface area (TPSA) is 84.3 Å². The van der Waals surface area contributed by atoms with E-state index in [4.69, 9.17) is 0 Å². The molecule has 2 aromatic rings. The molecule has 0 aromatic carbocycles. The third-order valence-corrected chi connectivity index (χ3v) is 7.17. The molecule has 1 saturated carbocycles. The van der Waals surface area contributed by atoms with E-state index < -0.39 is 5.91 Å². The number of nitrogens with one attached hydrogen (secondary N) is 1. The van der Waals surface area contributed by atoms with Crippen LogP contribution in [0.25, 0.3) is 5.57 Å². The lowest BCUT2D eigenvalue weighted by Gasteiger charge is -2.30. The van der Waals surface area contributed by atoms with E-state index in [1.54, 1.807) is 11.8 Å². The van der Waals surface area contributed by atoms with Crippen molar-refractivity contribution >= 4 is 34.7 Å². The minimum Gasteiger partial charge on any atom is -0.339 e. The molecule has 0 spiro atoms. The predicted octanol–water partition coefficient (Wildman–Crippen LogP) is 6.54. The average Bonchev–Trinajstić information content (AvgIpc) is 2.85. The zero-order chi connectivity index (χ0) is 22.3. The van der Waals surface area contributed by atoms with E-state index in [0.29, 0.717) is 18.3 Å². The second kappa shape index (κ2) is 10.7. The van der Waals surface area contributed by atoms with Gasteiger partial charge in [-0.15, -0.1) is 16.7 Å². The Labute approximate surface area is 193 Å². The molecule has 0 bridgehead atoms. The van der Waals surface area contributed by atoms with Gasteiger partial charge in [-0.3, -0.25) is 9.78 Å². The maximum absolute atomic E-state index is 11.3. The highest BCUT2D eigenvalue weighted by Gasteiger charge is 2.26. The molecule has 0 saturated heterocycles. The van der Waals surface area contributed by atoms with Gasteiger partial charge < -0.3 is 5.32 Å². The van der Waals surface area contributed by atoms with Gasteiger partial charge in [-0.05, 0) is 86.5 Å². The number of carbonyl (C=O) groups excluding carboxylic acids is 1. The first-order valence-corrected chi connectivity index (χ1v) is 12.4. The molecule has 4 rings (SSSR count). The standard InChI is InChI=1S/C25H28N4O2S/c1-32-22-11-13-24(27-16-22)28-21-10-12-23(26-15-21)20-8-6-19(7-9-20)18-4-2-17(3-5-18)14-25(30)29-31/h6,8,10-13,15-18H,2-5,7,9,14H2,1H3,(H,27,28). The summed E-state index contributed by atoms with van der Waals surface area (Å²) in [6, 6.07) is 8.13. The number of rotatable bonds is 7. The lowest BCUT2D eigenvalue weighted by Crippen LogP contribution is -2.18. The summed E-state index contributed by atoms with van der Waals surface area (Å²) in [6.07, 6.45) is 16.8. The molecule has 2 heterocycles. The molecule has 1 fully saturated rings. The minimum absolute atomic E-state index is 0.315. The third-order valence-electron chi connectivity index (χ3n) is 6.45. The molecule has 7 heteroatoms. The fourth-order valence-corrected chi connectivity index (χ4v) is 4.97. The van der Waals surface area contributed by atoms with Gasteiger partial charge in [0.25, 0.3) is 5.91 Å². The van der Waals surface area contributed by atoms with Crippen LogP contribution in [0.15, 0.2) is 64.5 Å². The highest BCUT2D eigenvalue weighted by atomic mass is 32.2. The molecule has 2 aliphatic rings. The fraction of sp³-hybridized carbons (Fsp3) is 0.400. The Kier molecular flexibility index (Phi) is 7.47. The van der Waals surface area contributed by atoms with Crippen LogP contribution in [0.3, 0.4) is 0 Å². The van der Waals surface area contributed by atoms with Crippen LogP contribution in [-0.2, 0) is 4.79 Å². The molecule has 2 aliphatic carbocycles. The first-order valence-electron chi connectivity index (χ1n) is 11.1. The SMILES string of the molecule is CSc1ccc(Nc2ccc(C3=CC=C(C4CCC(CC(=O)N=O)CC4)CC3)nc2)nc1. The van der Waals surface area contributed by atoms with Gasteiger partial charge in [0.1, 0.15) is 5.82 Å². The molecule has 6 nitrogen and oxygen atoms in total. The van der Waals surface area contributed by atoms with E-state index >= 15 is 0 Å². The molecular formula is C25H28N4O2S. The van der Waals surface area contributed by atoms with Crippen molar-refractivity contribution in [2.24, 2.45) is 17.0 Å². The molecule has 32 heavy (non-hydrogen) atoms. The molecule has 0 unspecified atom stereocenters. The van der Waals surface area contributed by atoms with Crippen molar-refractivity contribution < 1.29 is 4.79 Å². The van der Waals surface area contributed by atoms with Crippen molar-refractivity contribution in [3.8, 4) is 0 Å². The number of hydrogen-bond donors (Lipinski definition) is 1. The Hall–Kier alpha value is -2.80. The van der Waals surface area contributed by atoms with Gasteiger partial charge in [0.2, 0.25) is 0 Å². The molecule has 0 aliphatic heterocycles. The van der Waals surface area contributed by atoms with Crippen molar-refractivity contribution in [3.63, 3.8) is 0 Å². The van der Waals surface area contributed by atoms with Crippen molar-refractivity contribution in [1.29, 1.82) is 0 Å². The number of amides is 1. The number of carbonyl (C=O) groups is 1. The summed E-state index contributed by atoms with van der Waals surface area (Å²) < 4.78 is 0. The van der Waals surface area contributed by atoms with Gasteiger partial charge in [0.05, 0.1) is 17.6 Å². The summed E-state index contributed by atoms with van der Waals surface area (Å²) >= 11 is 1.67. The van der Waals surface area contributed by atoms with Gasteiger partial charge in [0.15, 0.2) is 0 Å². The van der Waals surface area contributed by atoms with E-state index in [-0.39, 0.29) is 0 Å². The first kappa shape index (κ1) is 22.4. The Morgan fingerprint density at radius 2 is 1.91 bits per heavy atom. The van der Waals surface area contributed by atoms with Crippen LogP contribution >= 0.6 is 11.8 Å². The van der Waals surface area contributed by atoms with E-state index in [2.05, 4.69) is 38.7 Å². The van der Waals surface area contributed by atoms with Gasteiger partial charge in [-0.25, -0.2) is 4.98 Å². The maximum atomic E-state index is 11.3. The zero-order valence-electron chi connectivity index (χ0n) is 18.3. The summed E-state index contributed by atoms with van der Waals surface area (Å²) in [5.41, 5.74) is 4.70. The van der Waals surface area contributed by atoms with Crippen LogP contribution in [-0.4, -0.2) is 22.1 Å². The van der Waals surface area contributed by atoms with Crippen molar-refractivity contribution in [2.75, 3.05) is 11.6 Å². The first-order chi connectivity index (χ1) is 15.6. The lowest BCUT2D eigenvalue weighted by atomic mass is 9.75. The smallest absolute Gasteiger partial charge is 0.286 e. The van der Waals surface area contributed by atoms with Crippen LogP contribution < -0.4 is 5.32 Å². The van der Waals surface area contributed by atoms with Gasteiger partial charge in [-0.2, -0.15) is 0 Å². The largest absolute Gasteiger partial charge is 0.339 e. The maximum Gasteiger partial charge on any atom is 0.286 e. The lowest BCUT2D eigenvalue weighted by molar-refractivity contribution is -0.119. The molecule has 1 amide bonds. The molecule has 0 radical (unpaired) electrons. The highest BCUT2D eigenvalue weighted by molar-refractivity contribution is 7.98. The molecule has 166 valence electrons. The monoisotopic (exact) mass is 448 g/mol. The van der Waals surface area contributed by atoms with Crippen LogP contribution in [0.1, 0.15) is 50.6 Å². The number of aromatic nitrogens is 2. The number of thioether (sulfide) groups is 1. The van der Waals surface area contributed by atoms with Crippen molar-refractivity contribution in [2.45, 2.75) is 49.8 Å². The zero-order valence-corrected chi connectivity index (χ0v) is 19.1. The quantitative estimate of drug-likeness (QED) is 0.383. The summed E-state index contributed by atoms with van der Waals surface area (Å²) in [5, 5.41) is 5.84. The molecule has 1 N–H and O–H groups in total. The molecule has 2 aromatic heterocycles. The molecule has 0 atom stereocenters. The van der Waals surface area contributed by atoms with Crippen molar-refractivity contribution in [1.82, 2.24) is 9.97 Å². The fourth-order valence-electron chi connectivity index (χ4n) is 4.61. The summed E-state index contributed by atoms with van der Waals surface area (Å²) in [7, 11) is 0. The van der Waals surface area contributed by atoms with Gasteiger partial charge >= 0.3 is 0 Å². The number of pyridine rings is 2. The number of nitrogens with zero attached hydrogens (tertiary/aromatic N) is 3. The average molecular weight is 449 g/mol. The predicted molar refractivity (Wildman–Crippen MR) is 130 cm³/mol. The van der Waals surface area contributed by atoms with Crippen LogP contribution in [0.2, 0.25) is 0 Å². The van der Waals surface area contributed by atoms with E-state index in [1.807, 2.05) is 36.8 Å². The normalized spacial score (nSPS) is 20.8. The Balaban J connectivity index is 1.33. The molecular weight excluding hydrogens is 420 g/mol.